The van der Waals surface area contributed by atoms with Gasteiger partial charge in [0, 0.05) is 38.3 Å². The third-order valence-corrected chi connectivity index (χ3v) is 5.29. The molecule has 0 aromatic heterocycles. The molecule has 2 rings (SSSR count). The van der Waals surface area contributed by atoms with Crippen molar-refractivity contribution in [2.45, 2.75) is 40.2 Å². The van der Waals surface area contributed by atoms with Crippen LogP contribution in [0.3, 0.4) is 0 Å². The average molecular weight is 433 g/mol. The molecule has 0 radical (unpaired) electrons. The second-order valence-electron chi connectivity index (χ2n) is 8.06. The molecule has 2 N–H and O–H groups in total. The highest BCUT2D eigenvalue weighted by molar-refractivity contribution is 5.97. The van der Waals surface area contributed by atoms with E-state index in [-0.39, 0.29) is 23.6 Å². The van der Waals surface area contributed by atoms with Crippen LogP contribution in [0.4, 0.5) is 0 Å². The van der Waals surface area contributed by atoms with E-state index in [9.17, 15) is 14.4 Å². The quantitative estimate of drug-likeness (QED) is 0.617. The minimum absolute atomic E-state index is 0.00459. The van der Waals surface area contributed by atoms with E-state index in [2.05, 4.69) is 15.5 Å². The Bertz CT molecular complexity index is 736. The molecule has 1 unspecified atom stereocenters. The summed E-state index contributed by atoms with van der Waals surface area (Å²) < 4.78 is 5.41. The molecule has 1 aromatic rings. The first-order valence-electron chi connectivity index (χ1n) is 11.2. The number of carbonyl (C=O) groups excluding carboxylic acids is 3. The lowest BCUT2D eigenvalue weighted by molar-refractivity contribution is -0.134. The number of benzene rings is 1. The predicted molar refractivity (Wildman–Crippen MR) is 120 cm³/mol. The second-order valence-corrected chi connectivity index (χ2v) is 8.06. The van der Waals surface area contributed by atoms with Crippen LogP contribution in [0.2, 0.25) is 0 Å². The number of hydrogen-bond acceptors (Lipinski definition) is 5. The zero-order valence-electron chi connectivity index (χ0n) is 19.1. The van der Waals surface area contributed by atoms with Crippen molar-refractivity contribution in [1.29, 1.82) is 0 Å². The van der Waals surface area contributed by atoms with E-state index in [1.165, 1.54) is 0 Å². The first-order valence-corrected chi connectivity index (χ1v) is 11.2. The van der Waals surface area contributed by atoms with Crippen LogP contribution in [-0.2, 0) is 9.59 Å². The molecule has 1 heterocycles. The maximum absolute atomic E-state index is 13.2. The van der Waals surface area contributed by atoms with E-state index in [0.29, 0.717) is 50.6 Å². The fourth-order valence-corrected chi connectivity index (χ4v) is 3.61. The Hall–Kier alpha value is -2.61. The fourth-order valence-electron chi connectivity index (χ4n) is 3.61. The molecule has 0 aliphatic carbocycles. The molecule has 8 nitrogen and oxygen atoms in total. The number of amides is 3. The van der Waals surface area contributed by atoms with Gasteiger partial charge in [0.2, 0.25) is 11.8 Å². The lowest BCUT2D eigenvalue weighted by Crippen LogP contribution is -2.52. The van der Waals surface area contributed by atoms with Gasteiger partial charge >= 0.3 is 0 Å². The molecule has 1 aliphatic heterocycles. The number of hydrogen-bond donors (Lipinski definition) is 2. The summed E-state index contributed by atoms with van der Waals surface area (Å²) in [7, 11) is 0. The van der Waals surface area contributed by atoms with E-state index in [4.69, 9.17) is 4.74 Å². The fraction of sp³-hybridized carbons (Fsp3) is 0.609. The van der Waals surface area contributed by atoms with Crippen LogP contribution in [-0.4, -0.2) is 79.4 Å². The Kier molecular flexibility index (Phi) is 9.78. The van der Waals surface area contributed by atoms with Crippen LogP contribution in [0.25, 0.3) is 0 Å². The number of carbonyl (C=O) groups is 3. The molecule has 8 heteroatoms. The number of rotatable bonds is 9. The number of nitrogens with one attached hydrogen (secondary N) is 2. The van der Waals surface area contributed by atoms with Gasteiger partial charge in [0.25, 0.3) is 5.91 Å². The topological polar surface area (TPSA) is 91.0 Å². The maximum atomic E-state index is 13.2. The molecule has 1 aliphatic rings. The van der Waals surface area contributed by atoms with Gasteiger partial charge in [-0.2, -0.15) is 0 Å². The average Bonchev–Trinajstić information content (AvgIpc) is 2.97. The molecule has 0 saturated carbocycles. The van der Waals surface area contributed by atoms with Gasteiger partial charge in [0.1, 0.15) is 11.8 Å². The van der Waals surface area contributed by atoms with Crippen LogP contribution in [0.5, 0.6) is 5.75 Å². The highest BCUT2D eigenvalue weighted by Gasteiger charge is 2.30. The maximum Gasteiger partial charge on any atom is 0.251 e. The van der Waals surface area contributed by atoms with E-state index in [1.54, 1.807) is 29.2 Å². The van der Waals surface area contributed by atoms with Gasteiger partial charge in [-0.05, 0) is 50.5 Å². The molecule has 1 fully saturated rings. The normalized spacial score (nSPS) is 15.8. The molecular formula is C23H36N4O4. The molecule has 0 bridgehead atoms. The third-order valence-electron chi connectivity index (χ3n) is 5.29. The highest BCUT2D eigenvalue weighted by atomic mass is 16.5. The van der Waals surface area contributed by atoms with Crippen LogP contribution in [0.1, 0.15) is 44.5 Å². The first kappa shape index (κ1) is 24.7. The van der Waals surface area contributed by atoms with Gasteiger partial charge in [0.05, 0.1) is 13.2 Å². The van der Waals surface area contributed by atoms with Crippen LogP contribution in [0.15, 0.2) is 24.3 Å². The van der Waals surface area contributed by atoms with E-state index < -0.39 is 6.04 Å². The van der Waals surface area contributed by atoms with Crippen molar-refractivity contribution in [2.24, 2.45) is 5.92 Å². The van der Waals surface area contributed by atoms with Gasteiger partial charge < -0.3 is 20.3 Å². The summed E-state index contributed by atoms with van der Waals surface area (Å²) in [6, 6.07) is 6.31. The summed E-state index contributed by atoms with van der Waals surface area (Å²) in [6.45, 7) is 11.8. The number of nitrogens with zero attached hydrogens (tertiary/aromatic N) is 2. The van der Waals surface area contributed by atoms with Crippen molar-refractivity contribution in [3.8, 4) is 5.75 Å². The Morgan fingerprint density at radius 3 is 2.35 bits per heavy atom. The zero-order valence-corrected chi connectivity index (χ0v) is 19.1. The van der Waals surface area contributed by atoms with Crippen molar-refractivity contribution in [3.05, 3.63) is 29.8 Å². The standard InChI is InChI=1S/C23H36N4O4/c1-5-24-20(28)16-26-12-7-13-27(15-14-26)23(30)21(17(3)4)25-22(29)18-8-10-19(11-9-18)31-6-2/h8-11,17,21H,5-7,12-16H2,1-4H3,(H,24,28)(H,25,29). The molecule has 1 atom stereocenters. The van der Waals surface area contributed by atoms with Crippen molar-refractivity contribution in [2.75, 3.05) is 45.9 Å². The molecular weight excluding hydrogens is 396 g/mol. The van der Waals surface area contributed by atoms with Crippen molar-refractivity contribution < 1.29 is 19.1 Å². The van der Waals surface area contributed by atoms with Crippen molar-refractivity contribution >= 4 is 17.7 Å². The molecule has 0 spiro atoms. The zero-order chi connectivity index (χ0) is 22.8. The van der Waals surface area contributed by atoms with E-state index in [0.717, 1.165) is 13.0 Å². The lowest BCUT2D eigenvalue weighted by Gasteiger charge is -2.29. The Balaban J connectivity index is 1.98. The van der Waals surface area contributed by atoms with Gasteiger partial charge in [-0.15, -0.1) is 0 Å². The van der Waals surface area contributed by atoms with E-state index >= 15 is 0 Å². The Morgan fingerprint density at radius 2 is 1.74 bits per heavy atom. The molecule has 1 saturated heterocycles. The van der Waals surface area contributed by atoms with Gasteiger partial charge in [-0.1, -0.05) is 13.8 Å². The Morgan fingerprint density at radius 1 is 1.03 bits per heavy atom. The Labute approximate surface area is 185 Å². The second kappa shape index (κ2) is 12.3. The third kappa shape index (κ3) is 7.54. The largest absolute Gasteiger partial charge is 0.494 e. The minimum atomic E-state index is -0.603. The number of ether oxygens (including phenoxy) is 1. The van der Waals surface area contributed by atoms with E-state index in [1.807, 2.05) is 27.7 Å². The number of likely N-dealkylation sites (N-methyl/N-ethyl adjacent to an activating group) is 1. The van der Waals surface area contributed by atoms with Gasteiger partial charge in [0.15, 0.2) is 0 Å². The molecule has 31 heavy (non-hydrogen) atoms. The lowest BCUT2D eigenvalue weighted by atomic mass is 10.0. The van der Waals surface area contributed by atoms with Crippen molar-refractivity contribution in [3.63, 3.8) is 0 Å². The first-order chi connectivity index (χ1) is 14.8. The minimum Gasteiger partial charge on any atom is -0.494 e. The SMILES string of the molecule is CCNC(=O)CN1CCCN(C(=O)C(NC(=O)c2ccc(OCC)cc2)C(C)C)CC1. The van der Waals surface area contributed by atoms with Crippen LogP contribution < -0.4 is 15.4 Å². The monoisotopic (exact) mass is 432 g/mol. The van der Waals surface area contributed by atoms with Crippen LogP contribution in [0, 0.1) is 5.92 Å². The van der Waals surface area contributed by atoms with Crippen molar-refractivity contribution in [1.82, 2.24) is 20.4 Å². The highest BCUT2D eigenvalue weighted by Crippen LogP contribution is 2.14. The predicted octanol–water partition coefficient (Wildman–Crippen LogP) is 1.51. The summed E-state index contributed by atoms with van der Waals surface area (Å²) in [5, 5.41) is 5.72. The summed E-state index contributed by atoms with van der Waals surface area (Å²) in [5.74, 6) is 0.313. The summed E-state index contributed by atoms with van der Waals surface area (Å²) in [6.07, 6.45) is 0.794. The summed E-state index contributed by atoms with van der Waals surface area (Å²) in [4.78, 5) is 41.7. The van der Waals surface area contributed by atoms with Gasteiger partial charge in [-0.3, -0.25) is 19.3 Å². The summed E-state index contributed by atoms with van der Waals surface area (Å²) >= 11 is 0. The molecule has 1 aromatic carbocycles. The van der Waals surface area contributed by atoms with Crippen LogP contribution >= 0.6 is 0 Å². The molecule has 172 valence electrons. The molecule has 3 amide bonds. The summed E-state index contributed by atoms with van der Waals surface area (Å²) in [5.41, 5.74) is 0.492. The van der Waals surface area contributed by atoms with Gasteiger partial charge in [-0.25, -0.2) is 0 Å². The smallest absolute Gasteiger partial charge is 0.251 e.